The zero-order valence-corrected chi connectivity index (χ0v) is 14.1. The fraction of sp³-hybridized carbons (Fsp3) is 0.263. The largest absolute Gasteiger partial charge is 0.350 e. The minimum Gasteiger partial charge on any atom is -0.350 e. The molecule has 0 radical (unpaired) electrons. The molecule has 1 aromatic carbocycles. The smallest absolute Gasteiger partial charge is 0.270 e. The molecule has 1 aliphatic rings. The molecular formula is C19H19N3OS. The van der Waals surface area contributed by atoms with Crippen molar-refractivity contribution in [3.8, 4) is 5.69 Å². The van der Waals surface area contributed by atoms with Gasteiger partial charge in [0.2, 0.25) is 0 Å². The second-order valence-electron chi connectivity index (χ2n) is 6.06. The van der Waals surface area contributed by atoms with Crippen molar-refractivity contribution in [1.82, 2.24) is 15.1 Å². The van der Waals surface area contributed by atoms with Gasteiger partial charge in [-0.15, -0.1) is 11.3 Å². The van der Waals surface area contributed by atoms with Crippen LogP contribution in [0.15, 0.2) is 53.9 Å². The van der Waals surface area contributed by atoms with Crippen LogP contribution in [-0.2, 0) is 6.42 Å². The molecule has 0 atom stereocenters. The van der Waals surface area contributed by atoms with Gasteiger partial charge >= 0.3 is 0 Å². The molecule has 3 aromatic rings. The molecule has 4 nitrogen and oxygen atoms in total. The molecule has 5 heteroatoms. The Kier molecular flexibility index (Phi) is 4.17. The summed E-state index contributed by atoms with van der Waals surface area (Å²) in [6, 6.07) is 15.9. The van der Waals surface area contributed by atoms with Gasteiger partial charge in [0, 0.05) is 17.3 Å². The van der Waals surface area contributed by atoms with E-state index in [9.17, 15) is 4.79 Å². The highest BCUT2D eigenvalue weighted by molar-refractivity contribution is 7.09. The van der Waals surface area contributed by atoms with Gasteiger partial charge in [-0.3, -0.25) is 4.79 Å². The molecule has 0 bridgehead atoms. The molecule has 24 heavy (non-hydrogen) atoms. The molecule has 4 rings (SSSR count). The lowest BCUT2D eigenvalue weighted by Crippen LogP contribution is -2.27. The third-order valence-electron chi connectivity index (χ3n) is 4.19. The fourth-order valence-corrected chi connectivity index (χ4v) is 3.46. The first-order valence-corrected chi connectivity index (χ1v) is 9.15. The van der Waals surface area contributed by atoms with Gasteiger partial charge in [0.05, 0.1) is 11.4 Å². The molecule has 1 aliphatic carbocycles. The summed E-state index contributed by atoms with van der Waals surface area (Å²) in [4.78, 5) is 13.9. The van der Waals surface area contributed by atoms with E-state index in [4.69, 9.17) is 0 Å². The first kappa shape index (κ1) is 15.1. The van der Waals surface area contributed by atoms with Crippen molar-refractivity contribution in [1.29, 1.82) is 0 Å². The van der Waals surface area contributed by atoms with Gasteiger partial charge in [-0.05, 0) is 48.9 Å². The maximum atomic E-state index is 12.7. The number of amides is 1. The second kappa shape index (κ2) is 6.61. The Bertz CT molecular complexity index is 820. The SMILES string of the molecule is O=C(NCCc1cccs1)c1cc(C2CC2)nn1-c1ccccc1. The molecule has 0 spiro atoms. The van der Waals surface area contributed by atoms with Crippen molar-refractivity contribution >= 4 is 17.2 Å². The van der Waals surface area contributed by atoms with E-state index in [1.807, 2.05) is 42.5 Å². The summed E-state index contributed by atoms with van der Waals surface area (Å²) in [5.41, 5.74) is 2.57. The third-order valence-corrected chi connectivity index (χ3v) is 5.13. The van der Waals surface area contributed by atoms with E-state index in [1.165, 1.54) is 17.7 Å². The van der Waals surface area contributed by atoms with Gasteiger partial charge in [0.15, 0.2) is 0 Å². The van der Waals surface area contributed by atoms with Gasteiger partial charge in [0.1, 0.15) is 5.69 Å². The maximum Gasteiger partial charge on any atom is 0.270 e. The second-order valence-corrected chi connectivity index (χ2v) is 7.09. The molecule has 0 unspecified atom stereocenters. The Morgan fingerprint density at radius 2 is 2.04 bits per heavy atom. The summed E-state index contributed by atoms with van der Waals surface area (Å²) >= 11 is 1.72. The third kappa shape index (κ3) is 3.26. The number of carbonyl (C=O) groups is 1. The minimum absolute atomic E-state index is 0.0604. The van der Waals surface area contributed by atoms with Crippen LogP contribution in [-0.4, -0.2) is 22.2 Å². The van der Waals surface area contributed by atoms with Gasteiger partial charge in [-0.25, -0.2) is 4.68 Å². The summed E-state index contributed by atoms with van der Waals surface area (Å²) < 4.78 is 1.77. The van der Waals surface area contributed by atoms with Crippen LogP contribution < -0.4 is 5.32 Å². The molecule has 1 saturated carbocycles. The predicted molar refractivity (Wildman–Crippen MR) is 95.9 cm³/mol. The van der Waals surface area contributed by atoms with Crippen molar-refractivity contribution in [3.63, 3.8) is 0 Å². The quantitative estimate of drug-likeness (QED) is 0.744. The van der Waals surface area contributed by atoms with Crippen molar-refractivity contribution in [3.05, 3.63) is 70.2 Å². The summed E-state index contributed by atoms with van der Waals surface area (Å²) in [6.45, 7) is 0.637. The lowest BCUT2D eigenvalue weighted by atomic mass is 10.2. The van der Waals surface area contributed by atoms with Gasteiger partial charge in [-0.2, -0.15) is 5.10 Å². The van der Waals surface area contributed by atoms with Crippen LogP contribution in [0.2, 0.25) is 0 Å². The summed E-state index contributed by atoms with van der Waals surface area (Å²) in [6.07, 6.45) is 3.20. The van der Waals surface area contributed by atoms with Crippen LogP contribution in [0.25, 0.3) is 5.69 Å². The molecule has 2 heterocycles. The van der Waals surface area contributed by atoms with Gasteiger partial charge in [-0.1, -0.05) is 24.3 Å². The number of rotatable bonds is 6. The van der Waals surface area contributed by atoms with Crippen LogP contribution in [0.5, 0.6) is 0 Å². The van der Waals surface area contributed by atoms with Crippen LogP contribution in [0.3, 0.4) is 0 Å². The number of carbonyl (C=O) groups excluding carboxylic acids is 1. The lowest BCUT2D eigenvalue weighted by molar-refractivity contribution is 0.0946. The average Bonchev–Trinajstić information content (AvgIpc) is 3.16. The van der Waals surface area contributed by atoms with Gasteiger partial charge in [0.25, 0.3) is 5.91 Å². The molecule has 1 fully saturated rings. The maximum absolute atomic E-state index is 12.7. The highest BCUT2D eigenvalue weighted by Crippen LogP contribution is 2.39. The number of nitrogens with one attached hydrogen (secondary N) is 1. The Labute approximate surface area is 145 Å². The zero-order valence-electron chi connectivity index (χ0n) is 13.3. The topological polar surface area (TPSA) is 46.9 Å². The molecular weight excluding hydrogens is 318 g/mol. The first-order valence-electron chi connectivity index (χ1n) is 8.27. The highest BCUT2D eigenvalue weighted by Gasteiger charge is 2.28. The van der Waals surface area contributed by atoms with Crippen molar-refractivity contribution < 1.29 is 4.79 Å². The van der Waals surface area contributed by atoms with Crippen LogP contribution in [0.4, 0.5) is 0 Å². The van der Waals surface area contributed by atoms with E-state index in [0.29, 0.717) is 18.2 Å². The standard InChI is InChI=1S/C19H19N3OS/c23-19(20-11-10-16-7-4-12-24-16)18-13-17(14-8-9-14)21-22(18)15-5-2-1-3-6-15/h1-7,12-14H,8-11H2,(H,20,23). The predicted octanol–water partition coefficient (Wildman–Crippen LogP) is 3.78. The molecule has 1 amide bonds. The van der Waals surface area contributed by atoms with Crippen molar-refractivity contribution in [2.45, 2.75) is 25.2 Å². The number of hydrogen-bond acceptors (Lipinski definition) is 3. The summed E-state index contributed by atoms with van der Waals surface area (Å²) in [5, 5.41) is 9.77. The van der Waals surface area contributed by atoms with E-state index < -0.39 is 0 Å². The van der Waals surface area contributed by atoms with E-state index in [-0.39, 0.29) is 5.91 Å². The number of hydrogen-bond donors (Lipinski definition) is 1. The summed E-state index contributed by atoms with van der Waals surface area (Å²) in [5.74, 6) is 0.461. The van der Waals surface area contributed by atoms with E-state index in [0.717, 1.165) is 17.8 Å². The number of thiophene rings is 1. The average molecular weight is 337 g/mol. The van der Waals surface area contributed by atoms with Gasteiger partial charge < -0.3 is 5.32 Å². The zero-order chi connectivity index (χ0) is 16.4. The van der Waals surface area contributed by atoms with E-state index in [2.05, 4.69) is 21.9 Å². The Hall–Kier alpha value is -2.40. The number of para-hydroxylation sites is 1. The fourth-order valence-electron chi connectivity index (χ4n) is 2.75. The molecule has 2 aromatic heterocycles. The lowest BCUT2D eigenvalue weighted by Gasteiger charge is -2.08. The molecule has 0 aliphatic heterocycles. The van der Waals surface area contributed by atoms with E-state index in [1.54, 1.807) is 16.0 Å². The normalized spacial score (nSPS) is 13.8. The highest BCUT2D eigenvalue weighted by atomic mass is 32.1. The monoisotopic (exact) mass is 337 g/mol. The van der Waals surface area contributed by atoms with Crippen molar-refractivity contribution in [2.75, 3.05) is 6.54 Å². The van der Waals surface area contributed by atoms with Crippen LogP contribution in [0, 0.1) is 0 Å². The number of aromatic nitrogens is 2. The Morgan fingerprint density at radius 1 is 1.21 bits per heavy atom. The van der Waals surface area contributed by atoms with Crippen molar-refractivity contribution in [2.24, 2.45) is 0 Å². The Morgan fingerprint density at radius 3 is 2.75 bits per heavy atom. The van der Waals surface area contributed by atoms with Crippen LogP contribution >= 0.6 is 11.3 Å². The number of benzene rings is 1. The molecule has 1 N–H and O–H groups in total. The summed E-state index contributed by atoms with van der Waals surface area (Å²) in [7, 11) is 0. The molecule has 122 valence electrons. The number of nitrogens with zero attached hydrogens (tertiary/aromatic N) is 2. The Balaban J connectivity index is 1.53. The first-order chi connectivity index (χ1) is 11.8. The minimum atomic E-state index is -0.0604. The van der Waals surface area contributed by atoms with Crippen LogP contribution in [0.1, 0.15) is 39.8 Å². The molecule has 0 saturated heterocycles. The van der Waals surface area contributed by atoms with E-state index >= 15 is 0 Å².